The highest BCUT2D eigenvalue weighted by atomic mass is 32.1. The molecule has 0 saturated carbocycles. The molecular weight excluding hydrogens is 677 g/mol. The first-order chi connectivity index (χ1) is 25.5. The van der Waals surface area contributed by atoms with Gasteiger partial charge in [0.2, 0.25) is 6.79 Å². The Bertz CT molecular complexity index is 1930. The quantitative estimate of drug-likeness (QED) is 0.118. The van der Waals surface area contributed by atoms with Crippen LogP contribution < -0.4 is 23.7 Å². The highest BCUT2D eigenvalue weighted by Crippen LogP contribution is 2.33. The molecule has 10 nitrogen and oxygen atoms in total. The van der Waals surface area contributed by atoms with E-state index in [1.165, 1.54) is 11.1 Å². The number of nitrogens with zero attached hydrogens (tertiary/aromatic N) is 4. The molecule has 1 amide bonds. The summed E-state index contributed by atoms with van der Waals surface area (Å²) in [5, 5.41) is 2.82. The second kappa shape index (κ2) is 16.9. The Balaban J connectivity index is 0.970. The monoisotopic (exact) mass is 720 g/mol. The van der Waals surface area contributed by atoms with Crippen molar-refractivity contribution in [2.24, 2.45) is 0 Å². The number of thiazole rings is 1. The van der Waals surface area contributed by atoms with Gasteiger partial charge in [0, 0.05) is 51.2 Å². The van der Waals surface area contributed by atoms with Crippen LogP contribution in [0, 0.1) is 0 Å². The first-order valence-corrected chi connectivity index (χ1v) is 18.4. The van der Waals surface area contributed by atoms with Gasteiger partial charge in [-0.2, -0.15) is 0 Å². The van der Waals surface area contributed by atoms with Gasteiger partial charge in [-0.1, -0.05) is 54.6 Å². The normalized spacial score (nSPS) is 14.1. The summed E-state index contributed by atoms with van der Waals surface area (Å²) >= 11 is 1.54. The smallest absolute Gasteiger partial charge is 0.273 e. The molecule has 5 aromatic rings. The van der Waals surface area contributed by atoms with Crippen molar-refractivity contribution in [3.05, 3.63) is 129 Å². The van der Waals surface area contributed by atoms with Crippen molar-refractivity contribution >= 4 is 17.2 Å². The Kier molecular flexibility index (Phi) is 11.5. The number of rotatable bonds is 15. The fraction of sp³-hybridized carbons (Fsp3) is 0.317. The molecule has 3 heterocycles. The van der Waals surface area contributed by atoms with Gasteiger partial charge in [0.05, 0.1) is 20.8 Å². The van der Waals surface area contributed by atoms with Crippen LogP contribution in [-0.4, -0.2) is 79.3 Å². The highest BCUT2D eigenvalue weighted by Gasteiger charge is 2.25. The zero-order chi connectivity index (χ0) is 35.7. The number of piperazine rings is 1. The number of aromatic nitrogens is 1. The molecule has 0 N–H and O–H groups in total. The van der Waals surface area contributed by atoms with E-state index in [1.807, 2.05) is 64.9 Å². The molecule has 4 aromatic carbocycles. The number of benzene rings is 4. The fourth-order valence-corrected chi connectivity index (χ4v) is 7.28. The van der Waals surface area contributed by atoms with Gasteiger partial charge in [-0.25, -0.2) is 4.98 Å². The molecule has 7 rings (SSSR count). The van der Waals surface area contributed by atoms with Crippen LogP contribution in [0.4, 0.5) is 0 Å². The van der Waals surface area contributed by atoms with E-state index in [2.05, 4.69) is 46.2 Å². The summed E-state index contributed by atoms with van der Waals surface area (Å²) in [6, 6.07) is 30.6. The second-order valence-corrected chi connectivity index (χ2v) is 13.9. The van der Waals surface area contributed by atoms with Crippen molar-refractivity contribution < 1.29 is 28.5 Å². The standard InChI is InChI=1S/C41H44N4O6S/c1-47-36-14-10-30(22-38(36)48-2)16-17-44(24-31-8-12-34(13-9-31)49-27-32-6-4-3-5-7-32)26-40-42-35(28-52-40)41(46)45-20-18-43(19-21-45)25-33-11-15-37-39(23-33)51-29-50-37/h3-15,22-23,28H,16-21,24-27,29H2,1-2H3. The van der Waals surface area contributed by atoms with Crippen LogP contribution in [0.5, 0.6) is 28.7 Å². The van der Waals surface area contributed by atoms with E-state index >= 15 is 0 Å². The minimum atomic E-state index is -0.00630. The molecule has 0 aliphatic carbocycles. The maximum Gasteiger partial charge on any atom is 0.273 e. The topological polar surface area (TPSA) is 85.8 Å². The van der Waals surface area contributed by atoms with E-state index in [1.54, 1.807) is 25.6 Å². The summed E-state index contributed by atoms with van der Waals surface area (Å²) in [7, 11) is 3.30. The minimum Gasteiger partial charge on any atom is -0.493 e. The van der Waals surface area contributed by atoms with E-state index < -0.39 is 0 Å². The van der Waals surface area contributed by atoms with Crippen LogP contribution in [0.1, 0.15) is 37.7 Å². The highest BCUT2D eigenvalue weighted by molar-refractivity contribution is 7.09. The summed E-state index contributed by atoms with van der Waals surface area (Å²) in [6.45, 7) is 6.68. The lowest BCUT2D eigenvalue weighted by molar-refractivity contribution is 0.0623. The molecule has 0 atom stereocenters. The molecule has 11 heteroatoms. The first kappa shape index (κ1) is 35.3. The van der Waals surface area contributed by atoms with Gasteiger partial charge in [-0.05, 0) is 65.1 Å². The fourth-order valence-electron chi connectivity index (χ4n) is 6.47. The Hall–Kier alpha value is -5.10. The molecule has 0 spiro atoms. The van der Waals surface area contributed by atoms with E-state index in [-0.39, 0.29) is 12.7 Å². The van der Waals surface area contributed by atoms with Gasteiger partial charge in [0.25, 0.3) is 5.91 Å². The van der Waals surface area contributed by atoms with E-state index in [9.17, 15) is 4.79 Å². The number of carbonyl (C=O) groups excluding carboxylic acids is 1. The van der Waals surface area contributed by atoms with Gasteiger partial charge in [-0.15, -0.1) is 11.3 Å². The molecule has 1 aromatic heterocycles. The third-order valence-electron chi connectivity index (χ3n) is 9.37. The zero-order valence-electron chi connectivity index (χ0n) is 29.7. The van der Waals surface area contributed by atoms with Crippen LogP contribution in [0.3, 0.4) is 0 Å². The average Bonchev–Trinajstić information content (AvgIpc) is 3.87. The molecule has 1 saturated heterocycles. The van der Waals surface area contributed by atoms with Crippen molar-refractivity contribution in [3.63, 3.8) is 0 Å². The lowest BCUT2D eigenvalue weighted by atomic mass is 10.1. The van der Waals surface area contributed by atoms with Crippen LogP contribution in [0.15, 0.2) is 96.4 Å². The third-order valence-corrected chi connectivity index (χ3v) is 10.2. The Labute approximate surface area is 309 Å². The molecule has 0 bridgehead atoms. The number of ether oxygens (including phenoxy) is 5. The third kappa shape index (κ3) is 9.03. The van der Waals surface area contributed by atoms with Gasteiger partial charge >= 0.3 is 0 Å². The summed E-state index contributed by atoms with van der Waals surface area (Å²) in [6.07, 6.45) is 0.812. The number of carbonyl (C=O) groups is 1. The molecule has 52 heavy (non-hydrogen) atoms. The Morgan fingerprint density at radius 3 is 2.33 bits per heavy atom. The molecule has 2 aliphatic rings. The predicted molar refractivity (Wildman–Crippen MR) is 200 cm³/mol. The number of fused-ring (bicyclic) bond motifs is 1. The molecule has 270 valence electrons. The summed E-state index contributed by atoms with van der Waals surface area (Å²) < 4.78 is 28.0. The van der Waals surface area contributed by atoms with E-state index in [4.69, 9.17) is 28.7 Å². The van der Waals surface area contributed by atoms with Crippen molar-refractivity contribution in [1.29, 1.82) is 0 Å². The lowest BCUT2D eigenvalue weighted by Crippen LogP contribution is -2.48. The van der Waals surface area contributed by atoms with Gasteiger partial charge < -0.3 is 28.6 Å². The van der Waals surface area contributed by atoms with E-state index in [0.717, 1.165) is 78.3 Å². The Morgan fingerprint density at radius 2 is 1.54 bits per heavy atom. The van der Waals surface area contributed by atoms with Gasteiger partial charge in [0.15, 0.2) is 23.0 Å². The maximum atomic E-state index is 13.6. The number of methoxy groups -OCH3 is 2. The van der Waals surface area contributed by atoms with Gasteiger partial charge in [-0.3, -0.25) is 14.6 Å². The SMILES string of the molecule is COc1ccc(CCN(Cc2ccc(OCc3ccccc3)cc2)Cc2nc(C(=O)N3CCN(Cc4ccc5c(c4)OCO5)CC3)cs2)cc1OC. The molecule has 0 unspecified atom stereocenters. The average molecular weight is 721 g/mol. The molecule has 1 fully saturated rings. The van der Waals surface area contributed by atoms with Crippen LogP contribution in [0.25, 0.3) is 0 Å². The number of amides is 1. The predicted octanol–water partition coefficient (Wildman–Crippen LogP) is 6.67. The van der Waals surface area contributed by atoms with Crippen molar-refractivity contribution in [3.8, 4) is 28.7 Å². The van der Waals surface area contributed by atoms with Crippen LogP contribution in [0.2, 0.25) is 0 Å². The minimum absolute atomic E-state index is 0.00630. The van der Waals surface area contributed by atoms with Crippen molar-refractivity contribution in [2.75, 3.05) is 53.7 Å². The maximum absolute atomic E-state index is 13.6. The largest absolute Gasteiger partial charge is 0.493 e. The number of hydrogen-bond donors (Lipinski definition) is 0. The molecule has 2 aliphatic heterocycles. The van der Waals surface area contributed by atoms with Crippen molar-refractivity contribution in [1.82, 2.24) is 19.7 Å². The van der Waals surface area contributed by atoms with E-state index in [0.29, 0.717) is 37.7 Å². The molecule has 0 radical (unpaired) electrons. The van der Waals surface area contributed by atoms with Crippen molar-refractivity contribution in [2.45, 2.75) is 32.7 Å². The van der Waals surface area contributed by atoms with Crippen LogP contribution >= 0.6 is 11.3 Å². The van der Waals surface area contributed by atoms with Crippen LogP contribution in [-0.2, 0) is 32.7 Å². The lowest BCUT2D eigenvalue weighted by Gasteiger charge is -2.34. The second-order valence-electron chi connectivity index (χ2n) is 13.0. The first-order valence-electron chi connectivity index (χ1n) is 17.6. The summed E-state index contributed by atoms with van der Waals surface area (Å²) in [4.78, 5) is 25.1. The zero-order valence-corrected chi connectivity index (χ0v) is 30.5. The number of hydrogen-bond acceptors (Lipinski definition) is 10. The van der Waals surface area contributed by atoms with Gasteiger partial charge in [0.1, 0.15) is 23.1 Å². The summed E-state index contributed by atoms with van der Waals surface area (Å²) in [5.74, 6) is 3.85. The molecular formula is C41H44N4O6S. The summed E-state index contributed by atoms with van der Waals surface area (Å²) in [5.41, 5.74) is 5.15. The Morgan fingerprint density at radius 1 is 0.788 bits per heavy atom.